The van der Waals surface area contributed by atoms with Crippen molar-refractivity contribution >= 4 is 53.9 Å². The fraction of sp³-hybridized carbons (Fsp3) is 0. The highest BCUT2D eigenvalue weighted by Gasteiger charge is 2.25. The second-order valence-corrected chi connectivity index (χ2v) is 10.5. The average molecular weight is 495 g/mol. The topological polar surface area (TPSA) is 9.23 Å². The lowest BCUT2D eigenvalue weighted by atomic mass is 9.87. The second-order valence-electron chi connectivity index (χ2n) is 10.5. The first-order valence-electron chi connectivity index (χ1n) is 13.4. The van der Waals surface area contributed by atoms with Crippen LogP contribution in [0.15, 0.2) is 133 Å². The molecule has 0 radical (unpaired) electrons. The molecule has 1 heteroatoms. The zero-order chi connectivity index (χ0) is 25.5. The first-order chi connectivity index (χ1) is 19.3. The van der Waals surface area contributed by atoms with E-state index < -0.39 is 0 Å². The van der Waals surface area contributed by atoms with Gasteiger partial charge in [-0.25, -0.2) is 0 Å². The standard InChI is InChI=1S/C38H22O/c1-2-9-27-22-34-28(21-26(27)8-1)16-15-24-10-5-13-30(35(24)34)33-20-18-25-11-6-14-31-32-19-17-23-7-3-4-12-29(23)37(32)39-38(33)36(25)31/h1-22H. The number of benzene rings is 8. The van der Waals surface area contributed by atoms with E-state index in [0.29, 0.717) is 0 Å². The Bertz CT molecular complexity index is 2310. The Morgan fingerprint density at radius 3 is 1.69 bits per heavy atom. The molecule has 0 N–H and O–H groups in total. The van der Waals surface area contributed by atoms with Crippen LogP contribution < -0.4 is 4.74 Å². The van der Waals surface area contributed by atoms with Gasteiger partial charge in [0.05, 0.1) is 0 Å². The number of hydrogen-bond donors (Lipinski definition) is 0. The monoisotopic (exact) mass is 494 g/mol. The Labute approximate surface area is 225 Å². The van der Waals surface area contributed by atoms with E-state index in [2.05, 4.69) is 133 Å². The van der Waals surface area contributed by atoms with Gasteiger partial charge in [0, 0.05) is 21.9 Å². The highest BCUT2D eigenvalue weighted by molar-refractivity contribution is 6.19. The number of rotatable bonds is 1. The van der Waals surface area contributed by atoms with E-state index in [1.54, 1.807) is 0 Å². The van der Waals surface area contributed by atoms with Crippen molar-refractivity contribution in [2.24, 2.45) is 0 Å². The van der Waals surface area contributed by atoms with E-state index in [-0.39, 0.29) is 0 Å². The number of hydrogen-bond acceptors (Lipinski definition) is 1. The Morgan fingerprint density at radius 2 is 0.872 bits per heavy atom. The van der Waals surface area contributed by atoms with E-state index in [1.807, 2.05) is 0 Å². The van der Waals surface area contributed by atoms with Crippen LogP contribution in [0.1, 0.15) is 0 Å². The molecule has 0 spiro atoms. The maximum atomic E-state index is 6.98. The Balaban J connectivity index is 1.41. The maximum absolute atomic E-state index is 6.98. The molecule has 8 aromatic rings. The van der Waals surface area contributed by atoms with Crippen molar-refractivity contribution in [2.45, 2.75) is 0 Å². The van der Waals surface area contributed by atoms with Crippen LogP contribution in [0.25, 0.3) is 76.1 Å². The molecule has 8 aromatic carbocycles. The largest absolute Gasteiger partial charge is 0.455 e. The quantitative estimate of drug-likeness (QED) is 0.163. The van der Waals surface area contributed by atoms with Gasteiger partial charge in [0.25, 0.3) is 0 Å². The molecule has 1 aliphatic rings. The Kier molecular flexibility index (Phi) is 4.11. The van der Waals surface area contributed by atoms with Gasteiger partial charge in [-0.05, 0) is 78.5 Å². The molecular formula is C38H22O. The van der Waals surface area contributed by atoms with E-state index in [4.69, 9.17) is 4.74 Å². The lowest BCUT2D eigenvalue weighted by Gasteiger charge is -2.25. The van der Waals surface area contributed by atoms with Crippen LogP contribution in [0.4, 0.5) is 0 Å². The van der Waals surface area contributed by atoms with Gasteiger partial charge in [-0.1, -0.05) is 109 Å². The molecule has 0 aromatic heterocycles. The van der Waals surface area contributed by atoms with Gasteiger partial charge >= 0.3 is 0 Å². The summed E-state index contributed by atoms with van der Waals surface area (Å²) in [6.45, 7) is 0. The molecule has 0 bridgehead atoms. The molecule has 39 heavy (non-hydrogen) atoms. The zero-order valence-electron chi connectivity index (χ0n) is 21.1. The minimum absolute atomic E-state index is 0.941. The predicted octanol–water partition coefficient (Wildman–Crippen LogP) is 10.9. The lowest BCUT2D eigenvalue weighted by Crippen LogP contribution is -2.00. The summed E-state index contributed by atoms with van der Waals surface area (Å²) < 4.78 is 6.98. The first-order valence-corrected chi connectivity index (χ1v) is 13.4. The van der Waals surface area contributed by atoms with Crippen molar-refractivity contribution in [3.63, 3.8) is 0 Å². The first kappa shape index (κ1) is 20.9. The molecule has 1 aliphatic heterocycles. The number of ether oxygens (including phenoxy) is 1. The van der Waals surface area contributed by atoms with Gasteiger partial charge in [-0.15, -0.1) is 0 Å². The molecule has 0 amide bonds. The fourth-order valence-electron chi connectivity index (χ4n) is 6.58. The normalized spacial score (nSPS) is 12.3. The minimum atomic E-state index is 0.941. The third kappa shape index (κ3) is 2.90. The van der Waals surface area contributed by atoms with Gasteiger partial charge in [0.2, 0.25) is 0 Å². The van der Waals surface area contributed by atoms with Crippen LogP contribution in [-0.2, 0) is 0 Å². The molecule has 1 nitrogen and oxygen atoms in total. The van der Waals surface area contributed by atoms with Gasteiger partial charge in [-0.2, -0.15) is 0 Å². The summed E-state index contributed by atoms with van der Waals surface area (Å²) in [6.07, 6.45) is 0. The van der Waals surface area contributed by atoms with Crippen LogP contribution in [0.3, 0.4) is 0 Å². The van der Waals surface area contributed by atoms with Crippen molar-refractivity contribution in [1.82, 2.24) is 0 Å². The van der Waals surface area contributed by atoms with Crippen LogP contribution in [0.2, 0.25) is 0 Å². The van der Waals surface area contributed by atoms with E-state index >= 15 is 0 Å². The van der Waals surface area contributed by atoms with Gasteiger partial charge in [-0.3, -0.25) is 0 Å². The van der Waals surface area contributed by atoms with E-state index in [9.17, 15) is 0 Å². The highest BCUT2D eigenvalue weighted by atomic mass is 16.5. The van der Waals surface area contributed by atoms with Crippen LogP contribution in [0, 0.1) is 0 Å². The summed E-state index contributed by atoms with van der Waals surface area (Å²) >= 11 is 0. The van der Waals surface area contributed by atoms with Crippen LogP contribution in [0.5, 0.6) is 11.5 Å². The van der Waals surface area contributed by atoms with Crippen LogP contribution >= 0.6 is 0 Å². The maximum Gasteiger partial charge on any atom is 0.143 e. The summed E-state index contributed by atoms with van der Waals surface area (Å²) in [6, 6.07) is 48.4. The van der Waals surface area contributed by atoms with Crippen molar-refractivity contribution in [2.75, 3.05) is 0 Å². The minimum Gasteiger partial charge on any atom is -0.455 e. The van der Waals surface area contributed by atoms with Gasteiger partial charge < -0.3 is 4.74 Å². The van der Waals surface area contributed by atoms with E-state index in [1.165, 1.54) is 59.6 Å². The summed E-state index contributed by atoms with van der Waals surface area (Å²) in [5.74, 6) is 1.88. The molecule has 180 valence electrons. The van der Waals surface area contributed by atoms with Crippen molar-refractivity contribution in [3.05, 3.63) is 133 Å². The Hall–Kier alpha value is -5.14. The molecule has 0 atom stereocenters. The molecule has 0 unspecified atom stereocenters. The molecule has 1 heterocycles. The van der Waals surface area contributed by atoms with Gasteiger partial charge in [0.15, 0.2) is 0 Å². The smallest absolute Gasteiger partial charge is 0.143 e. The summed E-state index contributed by atoms with van der Waals surface area (Å²) in [5.41, 5.74) is 4.70. The third-order valence-electron chi connectivity index (χ3n) is 8.39. The van der Waals surface area contributed by atoms with Gasteiger partial charge in [0.1, 0.15) is 11.5 Å². The van der Waals surface area contributed by atoms with E-state index in [0.717, 1.165) is 28.0 Å². The summed E-state index contributed by atoms with van der Waals surface area (Å²) in [7, 11) is 0. The lowest BCUT2D eigenvalue weighted by molar-refractivity contribution is 0.494. The Morgan fingerprint density at radius 1 is 0.308 bits per heavy atom. The number of fused-ring (bicyclic) bond motifs is 8. The van der Waals surface area contributed by atoms with Crippen molar-refractivity contribution in [3.8, 4) is 33.8 Å². The highest BCUT2D eigenvalue weighted by Crippen LogP contribution is 2.53. The molecular weight excluding hydrogens is 472 g/mol. The second kappa shape index (κ2) is 7.69. The SMILES string of the molecule is c1ccc2cc3c(ccc4cccc(-c5ccc6cccc7c6c5Oc5c-7ccc6ccccc56)c43)cc2c1. The third-order valence-corrected chi connectivity index (χ3v) is 8.39. The van der Waals surface area contributed by atoms with Crippen molar-refractivity contribution in [1.29, 1.82) is 0 Å². The fourth-order valence-corrected chi connectivity index (χ4v) is 6.58. The average Bonchev–Trinajstić information content (AvgIpc) is 3.00. The zero-order valence-corrected chi connectivity index (χ0v) is 21.1. The van der Waals surface area contributed by atoms with Crippen LogP contribution in [-0.4, -0.2) is 0 Å². The molecule has 9 rings (SSSR count). The molecule has 0 saturated heterocycles. The predicted molar refractivity (Wildman–Crippen MR) is 165 cm³/mol. The molecule has 0 fully saturated rings. The summed E-state index contributed by atoms with van der Waals surface area (Å²) in [4.78, 5) is 0. The molecule has 0 saturated carbocycles. The molecule has 0 aliphatic carbocycles. The summed E-state index contributed by atoms with van der Waals surface area (Å²) in [5, 5.41) is 12.2. The van der Waals surface area contributed by atoms with Crippen molar-refractivity contribution < 1.29 is 4.74 Å².